The molecule has 0 aliphatic carbocycles. The van der Waals surface area contributed by atoms with Crippen molar-refractivity contribution in [3.63, 3.8) is 0 Å². The van der Waals surface area contributed by atoms with Gasteiger partial charge in [-0.2, -0.15) is 0 Å². The zero-order valence-electron chi connectivity index (χ0n) is 24.7. The summed E-state index contributed by atoms with van der Waals surface area (Å²) in [5.74, 6) is -1.39. The van der Waals surface area contributed by atoms with Crippen LogP contribution in [0.25, 0.3) is 5.76 Å². The Hall–Kier alpha value is -5.16. The molecule has 1 unspecified atom stereocenters. The Labute approximate surface area is 258 Å². The van der Waals surface area contributed by atoms with Gasteiger partial charge in [0.1, 0.15) is 23.0 Å². The van der Waals surface area contributed by atoms with E-state index in [4.69, 9.17) is 18.9 Å². The van der Waals surface area contributed by atoms with E-state index in [0.29, 0.717) is 40.7 Å². The highest BCUT2D eigenvalue weighted by Crippen LogP contribution is 2.45. The van der Waals surface area contributed by atoms with Gasteiger partial charge in [0.25, 0.3) is 5.78 Å². The molecule has 226 valence electrons. The molecule has 1 fully saturated rings. The van der Waals surface area contributed by atoms with Gasteiger partial charge < -0.3 is 24.1 Å². The van der Waals surface area contributed by atoms with Crippen molar-refractivity contribution in [1.29, 1.82) is 0 Å². The van der Waals surface area contributed by atoms with Crippen LogP contribution in [0.3, 0.4) is 0 Å². The number of ketones is 1. The van der Waals surface area contributed by atoms with Gasteiger partial charge in [0.05, 0.1) is 38.6 Å². The summed E-state index contributed by atoms with van der Waals surface area (Å²) in [6.45, 7) is 3.80. The number of thiazole rings is 1. The van der Waals surface area contributed by atoms with Crippen LogP contribution in [0.15, 0.2) is 72.3 Å². The molecular formula is C33H30N2O8S. The number of rotatable bonds is 9. The molecule has 1 amide bonds. The highest BCUT2D eigenvalue weighted by atomic mass is 32.1. The van der Waals surface area contributed by atoms with Crippen molar-refractivity contribution in [3.05, 3.63) is 105 Å². The molecule has 1 N–H and O–H groups in total. The number of carbonyl (C=O) groups is 3. The number of Topliss-reactive ketones (excluding diaryl/α,β-unsaturated/α-hetero) is 1. The van der Waals surface area contributed by atoms with E-state index in [1.165, 1.54) is 26.2 Å². The van der Waals surface area contributed by atoms with Crippen molar-refractivity contribution in [2.24, 2.45) is 0 Å². The van der Waals surface area contributed by atoms with Crippen LogP contribution in [0.2, 0.25) is 0 Å². The van der Waals surface area contributed by atoms with Gasteiger partial charge in [-0.1, -0.05) is 47.7 Å². The number of aryl methyl sites for hydroxylation is 2. The van der Waals surface area contributed by atoms with Crippen LogP contribution in [0, 0.1) is 13.8 Å². The lowest BCUT2D eigenvalue weighted by Gasteiger charge is -2.24. The molecule has 2 heterocycles. The Morgan fingerprint density at radius 3 is 2.30 bits per heavy atom. The van der Waals surface area contributed by atoms with Crippen molar-refractivity contribution < 1.29 is 38.4 Å². The van der Waals surface area contributed by atoms with Crippen molar-refractivity contribution in [3.8, 4) is 17.2 Å². The number of esters is 1. The van der Waals surface area contributed by atoms with Crippen LogP contribution in [0.4, 0.5) is 5.13 Å². The second kappa shape index (κ2) is 12.6. The first-order valence-corrected chi connectivity index (χ1v) is 14.4. The number of carbonyl (C=O) groups excluding carboxylic acids is 3. The quantitative estimate of drug-likeness (QED) is 0.108. The molecule has 11 heteroatoms. The Bertz CT molecular complexity index is 1780. The number of nitrogens with zero attached hydrogens (tertiary/aromatic N) is 2. The number of aliphatic hydroxyl groups excluding tert-OH is 1. The Morgan fingerprint density at radius 1 is 0.932 bits per heavy atom. The summed E-state index contributed by atoms with van der Waals surface area (Å²) in [6, 6.07) is 18.6. The minimum Gasteiger partial charge on any atom is -0.507 e. The molecule has 0 spiro atoms. The van der Waals surface area contributed by atoms with E-state index in [1.54, 1.807) is 43.3 Å². The highest BCUT2D eigenvalue weighted by Gasteiger charge is 2.48. The Morgan fingerprint density at radius 2 is 1.64 bits per heavy atom. The average molecular weight is 615 g/mol. The van der Waals surface area contributed by atoms with Crippen LogP contribution >= 0.6 is 11.3 Å². The number of aromatic nitrogens is 1. The maximum Gasteiger partial charge on any atom is 0.350 e. The maximum atomic E-state index is 13.7. The average Bonchev–Trinajstić information content (AvgIpc) is 3.55. The van der Waals surface area contributed by atoms with E-state index >= 15 is 0 Å². The fraction of sp³-hybridized carbons (Fsp3) is 0.212. The van der Waals surface area contributed by atoms with Gasteiger partial charge in [0.15, 0.2) is 16.6 Å². The fourth-order valence-corrected chi connectivity index (χ4v) is 6.00. The van der Waals surface area contributed by atoms with Crippen molar-refractivity contribution in [1.82, 2.24) is 4.98 Å². The molecule has 10 nitrogen and oxygen atoms in total. The summed E-state index contributed by atoms with van der Waals surface area (Å²) in [4.78, 5) is 45.4. The second-order valence-electron chi connectivity index (χ2n) is 9.94. The van der Waals surface area contributed by atoms with Crippen LogP contribution in [-0.4, -0.2) is 49.1 Å². The van der Waals surface area contributed by atoms with Gasteiger partial charge in [0.2, 0.25) is 0 Å². The molecule has 0 radical (unpaired) electrons. The van der Waals surface area contributed by atoms with E-state index < -0.39 is 23.7 Å². The maximum absolute atomic E-state index is 13.7. The standard InChI is InChI=1S/C33H30N2O8S/c1-18-15-22(12-13-23(18)43-17-20-9-7-6-8-10-20)28(36)26-27(21-11-14-24(40-3)25(16-21)41-4)35(31(38)29(26)37)33-34-19(2)30(44-33)32(39)42-5/h6-16,27,36H,17H2,1-5H3. The van der Waals surface area contributed by atoms with E-state index in [9.17, 15) is 19.5 Å². The third kappa shape index (κ3) is 5.61. The number of anilines is 1. The number of benzene rings is 3. The Balaban J connectivity index is 1.61. The third-order valence-corrected chi connectivity index (χ3v) is 8.35. The number of aliphatic hydroxyl groups is 1. The van der Waals surface area contributed by atoms with Gasteiger partial charge in [-0.25, -0.2) is 9.78 Å². The summed E-state index contributed by atoms with van der Waals surface area (Å²) in [5.41, 5.74) is 2.69. The van der Waals surface area contributed by atoms with Crippen molar-refractivity contribution in [2.45, 2.75) is 26.5 Å². The molecule has 4 aromatic rings. The van der Waals surface area contributed by atoms with Crippen molar-refractivity contribution >= 4 is 39.9 Å². The first kappa shape index (κ1) is 30.3. The summed E-state index contributed by atoms with van der Waals surface area (Å²) >= 11 is 0.919. The van der Waals surface area contributed by atoms with Crippen LogP contribution in [0.5, 0.6) is 17.2 Å². The van der Waals surface area contributed by atoms with E-state index in [1.807, 2.05) is 37.3 Å². The summed E-state index contributed by atoms with van der Waals surface area (Å²) in [6.07, 6.45) is 0. The molecule has 1 saturated heterocycles. The zero-order chi connectivity index (χ0) is 31.5. The van der Waals surface area contributed by atoms with Gasteiger partial charge >= 0.3 is 11.9 Å². The minimum absolute atomic E-state index is 0.102. The molecule has 0 saturated carbocycles. The predicted octanol–water partition coefficient (Wildman–Crippen LogP) is 5.77. The van der Waals surface area contributed by atoms with Gasteiger partial charge in [-0.05, 0) is 60.9 Å². The molecular weight excluding hydrogens is 584 g/mol. The van der Waals surface area contributed by atoms with Crippen molar-refractivity contribution in [2.75, 3.05) is 26.2 Å². The van der Waals surface area contributed by atoms with Crippen LogP contribution in [-0.2, 0) is 20.9 Å². The Kier molecular flexibility index (Phi) is 8.68. The third-order valence-electron chi connectivity index (χ3n) is 7.22. The summed E-state index contributed by atoms with van der Waals surface area (Å²) < 4.78 is 21.7. The lowest BCUT2D eigenvalue weighted by Crippen LogP contribution is -2.29. The molecule has 3 aromatic carbocycles. The van der Waals surface area contributed by atoms with E-state index in [2.05, 4.69) is 4.98 Å². The first-order chi connectivity index (χ1) is 21.2. The molecule has 5 rings (SSSR count). The highest BCUT2D eigenvalue weighted by molar-refractivity contribution is 7.17. The molecule has 1 atom stereocenters. The monoisotopic (exact) mass is 614 g/mol. The number of ether oxygens (including phenoxy) is 4. The molecule has 0 bridgehead atoms. The number of methoxy groups -OCH3 is 3. The summed E-state index contributed by atoms with van der Waals surface area (Å²) in [5, 5.41) is 11.7. The number of hydrogen-bond acceptors (Lipinski definition) is 10. The van der Waals surface area contributed by atoms with Crippen LogP contribution < -0.4 is 19.1 Å². The summed E-state index contributed by atoms with van der Waals surface area (Å²) in [7, 11) is 4.21. The first-order valence-electron chi connectivity index (χ1n) is 13.5. The molecule has 1 aliphatic rings. The molecule has 1 aromatic heterocycles. The largest absolute Gasteiger partial charge is 0.507 e. The van der Waals surface area contributed by atoms with Gasteiger partial charge in [0, 0.05) is 5.56 Å². The van der Waals surface area contributed by atoms with Gasteiger partial charge in [-0.3, -0.25) is 14.5 Å². The fourth-order valence-electron chi connectivity index (χ4n) is 4.98. The smallest absolute Gasteiger partial charge is 0.350 e. The second-order valence-corrected chi connectivity index (χ2v) is 10.9. The number of amides is 1. The SMILES string of the molecule is COC(=O)c1sc(N2C(=O)C(=O)C(=C(O)c3ccc(OCc4ccccc4)c(C)c3)C2c2ccc(OC)c(OC)c2)nc1C. The molecule has 44 heavy (non-hydrogen) atoms. The lowest BCUT2D eigenvalue weighted by atomic mass is 9.94. The zero-order valence-corrected chi connectivity index (χ0v) is 25.6. The van der Waals surface area contributed by atoms with E-state index in [0.717, 1.165) is 22.5 Å². The topological polar surface area (TPSA) is 124 Å². The minimum atomic E-state index is -1.10. The number of hydrogen-bond donors (Lipinski definition) is 1. The van der Waals surface area contributed by atoms with Crippen LogP contribution in [0.1, 0.15) is 43.7 Å². The molecule has 1 aliphatic heterocycles. The normalized spacial score (nSPS) is 15.8. The van der Waals surface area contributed by atoms with E-state index in [-0.39, 0.29) is 21.3 Å². The van der Waals surface area contributed by atoms with Gasteiger partial charge in [-0.15, -0.1) is 0 Å². The lowest BCUT2D eigenvalue weighted by molar-refractivity contribution is -0.132. The predicted molar refractivity (Wildman–Crippen MR) is 164 cm³/mol.